The Labute approximate surface area is 154 Å². The molecule has 0 saturated carbocycles. The number of hydrogen-bond donors (Lipinski definition) is 1. The fraction of sp³-hybridized carbons (Fsp3) is 0.200. The molecule has 0 aliphatic heterocycles. The van der Waals surface area contributed by atoms with Crippen LogP contribution in [0.1, 0.15) is 22.3 Å². The van der Waals surface area contributed by atoms with Crippen LogP contribution in [0.2, 0.25) is 0 Å². The quantitative estimate of drug-likeness (QED) is 0.346. The van der Waals surface area contributed by atoms with Crippen LogP contribution in [0.4, 0.5) is 18.9 Å². The highest BCUT2D eigenvalue weighted by Crippen LogP contribution is 2.30. The summed E-state index contributed by atoms with van der Waals surface area (Å²) in [6, 6.07) is 9.26. The van der Waals surface area contributed by atoms with Gasteiger partial charge in [-0.25, -0.2) is 4.79 Å². The number of methoxy groups -OCH3 is 1. The first kappa shape index (κ1) is 20.2. The third kappa shape index (κ3) is 4.97. The van der Waals surface area contributed by atoms with E-state index in [-0.39, 0.29) is 17.0 Å². The van der Waals surface area contributed by atoms with Gasteiger partial charge in [0.1, 0.15) is 11.3 Å². The van der Waals surface area contributed by atoms with Gasteiger partial charge in [0.2, 0.25) is 0 Å². The molecule has 2 aromatic rings. The van der Waals surface area contributed by atoms with Gasteiger partial charge < -0.3 is 9.84 Å². The van der Waals surface area contributed by atoms with Crippen molar-refractivity contribution >= 4 is 23.6 Å². The Hall–Kier alpha value is -3.09. The second kappa shape index (κ2) is 8.07. The minimum Gasteiger partial charge on any atom is -0.506 e. The topological polar surface area (TPSA) is 58.9 Å². The summed E-state index contributed by atoms with van der Waals surface area (Å²) in [5.74, 6) is -1.15. The molecule has 0 spiro atoms. The smallest absolute Gasteiger partial charge is 0.416 e. The van der Waals surface area contributed by atoms with Crippen molar-refractivity contribution in [2.24, 2.45) is 4.99 Å². The van der Waals surface area contributed by atoms with Gasteiger partial charge in [0.05, 0.1) is 18.4 Å². The monoisotopic (exact) mass is 377 g/mol. The molecule has 0 radical (unpaired) electrons. The third-order valence-corrected chi connectivity index (χ3v) is 3.98. The van der Waals surface area contributed by atoms with Crippen molar-refractivity contribution in [2.75, 3.05) is 7.11 Å². The van der Waals surface area contributed by atoms with Gasteiger partial charge in [-0.3, -0.25) is 4.99 Å². The average molecular weight is 377 g/mol. The molecular formula is C20H18F3NO3. The van der Waals surface area contributed by atoms with Crippen molar-refractivity contribution < 1.29 is 27.8 Å². The van der Waals surface area contributed by atoms with E-state index in [2.05, 4.69) is 9.73 Å². The number of esters is 1. The van der Waals surface area contributed by atoms with Crippen LogP contribution in [0.3, 0.4) is 0 Å². The molecule has 0 saturated heterocycles. The number of nitrogens with zero attached hydrogens (tertiary/aromatic N) is 1. The van der Waals surface area contributed by atoms with Crippen LogP contribution < -0.4 is 0 Å². The minimum absolute atomic E-state index is 0.192. The lowest BCUT2D eigenvalue weighted by molar-refractivity contribution is -0.137. The molecule has 2 rings (SSSR count). The predicted octanol–water partition coefficient (Wildman–Crippen LogP) is 5.17. The summed E-state index contributed by atoms with van der Waals surface area (Å²) in [6.07, 6.45) is -3.38. The summed E-state index contributed by atoms with van der Waals surface area (Å²) in [4.78, 5) is 16.0. The first-order valence-corrected chi connectivity index (χ1v) is 7.94. The number of rotatable bonds is 4. The van der Waals surface area contributed by atoms with E-state index >= 15 is 0 Å². The third-order valence-electron chi connectivity index (χ3n) is 3.98. The Balaban J connectivity index is 2.40. The van der Waals surface area contributed by atoms with Crippen molar-refractivity contribution in [3.63, 3.8) is 0 Å². The zero-order valence-corrected chi connectivity index (χ0v) is 15.0. The van der Waals surface area contributed by atoms with Gasteiger partial charge in [-0.05, 0) is 55.3 Å². The fourth-order valence-electron chi connectivity index (χ4n) is 2.24. The minimum atomic E-state index is -4.44. The van der Waals surface area contributed by atoms with E-state index in [4.69, 9.17) is 0 Å². The van der Waals surface area contributed by atoms with E-state index in [0.717, 1.165) is 36.6 Å². The molecule has 0 heterocycles. The molecule has 0 atom stereocenters. The zero-order valence-electron chi connectivity index (χ0n) is 15.0. The van der Waals surface area contributed by atoms with Gasteiger partial charge >= 0.3 is 12.1 Å². The fourth-order valence-corrected chi connectivity index (χ4v) is 2.24. The Morgan fingerprint density at radius 3 is 2.22 bits per heavy atom. The molecule has 1 N–H and O–H groups in total. The van der Waals surface area contributed by atoms with Gasteiger partial charge in [0, 0.05) is 11.8 Å². The van der Waals surface area contributed by atoms with Gasteiger partial charge in [-0.2, -0.15) is 13.2 Å². The summed E-state index contributed by atoms with van der Waals surface area (Å²) in [5.41, 5.74) is 1.52. The van der Waals surface area contributed by atoms with E-state index in [1.165, 1.54) is 12.1 Å². The molecular weight excluding hydrogens is 359 g/mol. The first-order chi connectivity index (χ1) is 12.6. The van der Waals surface area contributed by atoms with Crippen molar-refractivity contribution in [2.45, 2.75) is 20.0 Å². The number of aliphatic imine (C=N–C) groups is 1. The van der Waals surface area contributed by atoms with E-state index in [1.807, 2.05) is 13.8 Å². The summed E-state index contributed by atoms with van der Waals surface area (Å²) in [7, 11) is 1.15. The van der Waals surface area contributed by atoms with Crippen LogP contribution in [-0.4, -0.2) is 24.4 Å². The molecule has 0 aromatic heterocycles. The molecule has 0 fully saturated rings. The van der Waals surface area contributed by atoms with Crippen LogP contribution in [0.5, 0.6) is 0 Å². The molecule has 0 unspecified atom stereocenters. The van der Waals surface area contributed by atoms with Crippen LogP contribution in [-0.2, 0) is 15.7 Å². The molecule has 142 valence electrons. The lowest BCUT2D eigenvalue weighted by Crippen LogP contribution is -2.09. The number of alkyl halides is 3. The van der Waals surface area contributed by atoms with Gasteiger partial charge in [-0.15, -0.1) is 0 Å². The van der Waals surface area contributed by atoms with Crippen LogP contribution >= 0.6 is 0 Å². The van der Waals surface area contributed by atoms with Crippen LogP contribution in [0, 0.1) is 13.8 Å². The van der Waals surface area contributed by atoms with E-state index in [9.17, 15) is 23.1 Å². The molecule has 0 aliphatic rings. The Morgan fingerprint density at radius 1 is 1.07 bits per heavy atom. The maximum atomic E-state index is 12.6. The molecule has 0 aliphatic carbocycles. The normalized spacial score (nSPS) is 12.8. The second-order valence-electron chi connectivity index (χ2n) is 5.86. The molecule has 4 nitrogen and oxygen atoms in total. The highest BCUT2D eigenvalue weighted by atomic mass is 19.4. The number of aryl methyl sites for hydroxylation is 2. The molecule has 7 heteroatoms. The highest BCUT2D eigenvalue weighted by Gasteiger charge is 2.29. The number of aliphatic hydroxyl groups is 1. The van der Waals surface area contributed by atoms with Crippen molar-refractivity contribution in [1.82, 2.24) is 0 Å². The maximum Gasteiger partial charge on any atom is 0.416 e. The largest absolute Gasteiger partial charge is 0.506 e. The second-order valence-corrected chi connectivity index (χ2v) is 5.86. The van der Waals surface area contributed by atoms with Crippen LogP contribution in [0.15, 0.2) is 53.0 Å². The van der Waals surface area contributed by atoms with E-state index in [1.54, 1.807) is 18.2 Å². The summed E-state index contributed by atoms with van der Waals surface area (Å²) >= 11 is 0. The zero-order chi connectivity index (χ0) is 20.2. The molecule has 27 heavy (non-hydrogen) atoms. The number of ether oxygens (including phenoxy) is 1. The SMILES string of the molecule is COC(=O)C(C=Nc1ccc(C(F)(F)F)cc1)=C(O)c1ccc(C)c(C)c1. The Kier molecular flexibility index (Phi) is 6.05. The summed E-state index contributed by atoms with van der Waals surface area (Å²) < 4.78 is 42.5. The number of carbonyl (C=O) groups is 1. The van der Waals surface area contributed by atoms with Gasteiger partial charge in [-0.1, -0.05) is 12.1 Å². The summed E-state index contributed by atoms with van der Waals surface area (Å²) in [5, 5.41) is 10.5. The van der Waals surface area contributed by atoms with Crippen LogP contribution in [0.25, 0.3) is 5.76 Å². The van der Waals surface area contributed by atoms with E-state index < -0.39 is 17.7 Å². The number of carbonyl (C=O) groups excluding carboxylic acids is 1. The van der Waals surface area contributed by atoms with E-state index in [0.29, 0.717) is 5.56 Å². The Morgan fingerprint density at radius 2 is 1.70 bits per heavy atom. The number of aliphatic hydroxyl groups excluding tert-OH is 1. The van der Waals surface area contributed by atoms with Crippen molar-refractivity contribution in [3.8, 4) is 0 Å². The average Bonchev–Trinajstić information content (AvgIpc) is 2.63. The highest BCUT2D eigenvalue weighted by molar-refractivity contribution is 6.15. The maximum absolute atomic E-state index is 12.6. The summed E-state index contributed by atoms with van der Waals surface area (Å²) in [6.45, 7) is 3.77. The molecule has 2 aromatic carbocycles. The molecule has 0 amide bonds. The first-order valence-electron chi connectivity index (χ1n) is 7.94. The predicted molar refractivity (Wildman–Crippen MR) is 97.1 cm³/mol. The van der Waals surface area contributed by atoms with Crippen molar-refractivity contribution in [3.05, 3.63) is 70.3 Å². The number of hydrogen-bond acceptors (Lipinski definition) is 4. The standard InChI is InChI=1S/C20H18F3NO3/c1-12-4-5-14(10-13(12)2)18(25)17(19(26)27-3)11-24-16-8-6-15(7-9-16)20(21,22)23/h4-11,25H,1-3H3. The van der Waals surface area contributed by atoms with Gasteiger partial charge in [0.15, 0.2) is 0 Å². The van der Waals surface area contributed by atoms with Gasteiger partial charge in [0.25, 0.3) is 0 Å². The number of halogens is 3. The number of benzene rings is 2. The Bertz CT molecular complexity index is 898. The lowest BCUT2D eigenvalue weighted by atomic mass is 10.0. The lowest BCUT2D eigenvalue weighted by Gasteiger charge is -2.08. The van der Waals surface area contributed by atoms with Crippen molar-refractivity contribution in [1.29, 1.82) is 0 Å². The molecule has 0 bridgehead atoms.